The van der Waals surface area contributed by atoms with Crippen LogP contribution in [0.25, 0.3) is 11.0 Å². The minimum atomic E-state index is -0.552. The lowest BCUT2D eigenvalue weighted by Gasteiger charge is -2.03. The van der Waals surface area contributed by atoms with E-state index in [-0.39, 0.29) is 0 Å². The molecule has 0 fully saturated rings. The van der Waals surface area contributed by atoms with Gasteiger partial charge in [-0.3, -0.25) is 0 Å². The summed E-state index contributed by atoms with van der Waals surface area (Å²) in [7, 11) is 1.90. The Morgan fingerprint density at radius 2 is 2.27 bits per heavy atom. The number of nitrogens with two attached hydrogens (primary N) is 1. The lowest BCUT2D eigenvalue weighted by molar-refractivity contribution is 0.186. The van der Waals surface area contributed by atoms with E-state index in [0.717, 1.165) is 16.6 Å². The number of nitrogens with zero attached hydrogens (tertiary/aromatic N) is 2. The third-order valence-corrected chi connectivity index (χ3v) is 2.59. The van der Waals surface area contributed by atoms with Gasteiger partial charge in [-0.15, -0.1) is 0 Å². The van der Waals surface area contributed by atoms with Crippen molar-refractivity contribution < 1.29 is 5.11 Å². The van der Waals surface area contributed by atoms with E-state index in [1.807, 2.05) is 29.8 Å². The molecule has 0 amide bonds. The molecule has 0 saturated heterocycles. The second-order valence-electron chi connectivity index (χ2n) is 3.73. The van der Waals surface area contributed by atoms with Crippen LogP contribution in [-0.2, 0) is 13.6 Å². The highest BCUT2D eigenvalue weighted by Crippen LogP contribution is 2.20. The van der Waals surface area contributed by atoms with Crippen LogP contribution < -0.4 is 5.73 Å². The Kier molecular flexibility index (Phi) is 2.46. The average molecular weight is 205 g/mol. The monoisotopic (exact) mass is 205 g/mol. The van der Waals surface area contributed by atoms with Gasteiger partial charge in [0.1, 0.15) is 11.9 Å². The summed E-state index contributed by atoms with van der Waals surface area (Å²) in [6.45, 7) is 2.22. The normalized spacial score (nSPS) is 13.3. The van der Waals surface area contributed by atoms with E-state index in [1.165, 1.54) is 0 Å². The number of aryl methyl sites for hydroxylation is 1. The smallest absolute Gasteiger partial charge is 0.138 e. The zero-order chi connectivity index (χ0) is 11.0. The van der Waals surface area contributed by atoms with Crippen LogP contribution in [0.3, 0.4) is 0 Å². The van der Waals surface area contributed by atoms with Crippen molar-refractivity contribution in [2.75, 3.05) is 0 Å². The molecule has 15 heavy (non-hydrogen) atoms. The standard InChI is InChI=1S/C11H15N3O/c1-7(15)11-13-9-5-8(6-12)3-4-10(9)14(11)2/h3-5,7,15H,6,12H2,1-2H3. The van der Waals surface area contributed by atoms with Crippen LogP contribution in [0, 0.1) is 0 Å². The Bertz CT molecular complexity index is 488. The van der Waals surface area contributed by atoms with Crippen LogP contribution in [0.4, 0.5) is 0 Å². The minimum absolute atomic E-state index is 0.510. The molecule has 0 spiro atoms. The molecule has 1 aromatic heterocycles. The first kappa shape index (κ1) is 10.1. The first-order valence-electron chi connectivity index (χ1n) is 4.97. The molecular weight excluding hydrogens is 190 g/mol. The Hall–Kier alpha value is -1.39. The predicted octanol–water partition coefficient (Wildman–Crippen LogP) is 1.09. The zero-order valence-corrected chi connectivity index (χ0v) is 8.94. The molecule has 0 aliphatic heterocycles. The van der Waals surface area contributed by atoms with Crippen molar-refractivity contribution in [3.05, 3.63) is 29.6 Å². The second-order valence-corrected chi connectivity index (χ2v) is 3.73. The van der Waals surface area contributed by atoms with Crippen molar-refractivity contribution in [3.8, 4) is 0 Å². The summed E-state index contributed by atoms with van der Waals surface area (Å²) in [4.78, 5) is 4.38. The van der Waals surface area contributed by atoms with Crippen LogP contribution in [-0.4, -0.2) is 14.7 Å². The fourth-order valence-electron chi connectivity index (χ4n) is 1.76. The highest BCUT2D eigenvalue weighted by atomic mass is 16.3. The topological polar surface area (TPSA) is 64.1 Å². The summed E-state index contributed by atoms with van der Waals surface area (Å²) < 4.78 is 1.90. The molecule has 1 atom stereocenters. The maximum absolute atomic E-state index is 9.52. The molecule has 1 heterocycles. The average Bonchev–Trinajstić information content (AvgIpc) is 2.55. The van der Waals surface area contributed by atoms with Gasteiger partial charge in [0, 0.05) is 13.6 Å². The van der Waals surface area contributed by atoms with Gasteiger partial charge in [0.05, 0.1) is 11.0 Å². The van der Waals surface area contributed by atoms with Gasteiger partial charge in [-0.25, -0.2) is 4.98 Å². The van der Waals surface area contributed by atoms with Crippen LogP contribution in [0.2, 0.25) is 0 Å². The molecule has 1 aromatic carbocycles. The SMILES string of the molecule is CC(O)c1nc2cc(CN)ccc2n1C. The highest BCUT2D eigenvalue weighted by Gasteiger charge is 2.11. The van der Waals surface area contributed by atoms with Gasteiger partial charge in [0.2, 0.25) is 0 Å². The summed E-state index contributed by atoms with van der Waals surface area (Å²) in [5, 5.41) is 9.52. The number of benzene rings is 1. The Balaban J connectivity index is 2.65. The number of hydrogen-bond donors (Lipinski definition) is 2. The number of aliphatic hydroxyl groups is 1. The van der Waals surface area contributed by atoms with Gasteiger partial charge in [-0.05, 0) is 24.6 Å². The van der Waals surface area contributed by atoms with Crippen molar-refractivity contribution in [2.24, 2.45) is 12.8 Å². The van der Waals surface area contributed by atoms with Crippen molar-refractivity contribution in [2.45, 2.75) is 19.6 Å². The summed E-state index contributed by atoms with van der Waals surface area (Å²) in [6, 6.07) is 5.92. The quantitative estimate of drug-likeness (QED) is 0.771. The highest BCUT2D eigenvalue weighted by molar-refractivity contribution is 5.76. The first-order valence-corrected chi connectivity index (χ1v) is 4.97. The maximum atomic E-state index is 9.52. The Labute approximate surface area is 88.3 Å². The molecule has 2 aromatic rings. The number of aromatic nitrogens is 2. The molecule has 4 nitrogen and oxygen atoms in total. The van der Waals surface area contributed by atoms with Gasteiger partial charge < -0.3 is 15.4 Å². The summed E-state index contributed by atoms with van der Waals surface area (Å²) in [6.07, 6.45) is -0.552. The van der Waals surface area contributed by atoms with Gasteiger partial charge in [-0.2, -0.15) is 0 Å². The third-order valence-electron chi connectivity index (χ3n) is 2.59. The molecule has 2 rings (SSSR count). The van der Waals surface area contributed by atoms with E-state index in [9.17, 15) is 5.11 Å². The van der Waals surface area contributed by atoms with Crippen molar-refractivity contribution in [3.63, 3.8) is 0 Å². The van der Waals surface area contributed by atoms with Gasteiger partial charge in [-0.1, -0.05) is 6.07 Å². The van der Waals surface area contributed by atoms with Crippen LogP contribution in [0.15, 0.2) is 18.2 Å². The Morgan fingerprint density at radius 3 is 2.87 bits per heavy atom. The van der Waals surface area contributed by atoms with E-state index in [4.69, 9.17) is 5.73 Å². The molecule has 4 heteroatoms. The summed E-state index contributed by atoms with van der Waals surface area (Å²) in [5.41, 5.74) is 8.52. The molecule has 0 bridgehead atoms. The van der Waals surface area contributed by atoms with Crippen molar-refractivity contribution >= 4 is 11.0 Å². The molecule has 1 unspecified atom stereocenters. The largest absolute Gasteiger partial charge is 0.385 e. The fourth-order valence-corrected chi connectivity index (χ4v) is 1.76. The first-order chi connectivity index (χ1) is 7.13. The lowest BCUT2D eigenvalue weighted by atomic mass is 10.2. The predicted molar refractivity (Wildman–Crippen MR) is 59.2 cm³/mol. The number of rotatable bonds is 2. The number of fused-ring (bicyclic) bond motifs is 1. The minimum Gasteiger partial charge on any atom is -0.385 e. The van der Waals surface area contributed by atoms with E-state index < -0.39 is 6.10 Å². The zero-order valence-electron chi connectivity index (χ0n) is 8.94. The van der Waals surface area contributed by atoms with E-state index in [0.29, 0.717) is 12.4 Å². The number of imidazole rings is 1. The van der Waals surface area contributed by atoms with Crippen LogP contribution in [0.5, 0.6) is 0 Å². The van der Waals surface area contributed by atoms with Crippen LogP contribution in [0.1, 0.15) is 24.4 Å². The van der Waals surface area contributed by atoms with Gasteiger partial charge >= 0.3 is 0 Å². The molecular formula is C11H15N3O. The van der Waals surface area contributed by atoms with E-state index in [2.05, 4.69) is 4.98 Å². The number of hydrogen-bond acceptors (Lipinski definition) is 3. The van der Waals surface area contributed by atoms with Crippen LogP contribution >= 0.6 is 0 Å². The van der Waals surface area contributed by atoms with E-state index >= 15 is 0 Å². The van der Waals surface area contributed by atoms with E-state index in [1.54, 1.807) is 6.92 Å². The fraction of sp³-hybridized carbons (Fsp3) is 0.364. The number of aliphatic hydroxyl groups excluding tert-OH is 1. The summed E-state index contributed by atoms with van der Waals surface area (Å²) >= 11 is 0. The third kappa shape index (κ3) is 1.62. The molecule has 3 N–H and O–H groups in total. The molecule has 0 aliphatic carbocycles. The molecule has 0 saturated carbocycles. The molecule has 0 radical (unpaired) electrons. The lowest BCUT2D eigenvalue weighted by Crippen LogP contribution is -2.01. The molecule has 0 aliphatic rings. The van der Waals surface area contributed by atoms with Crippen molar-refractivity contribution in [1.29, 1.82) is 0 Å². The second kappa shape index (κ2) is 3.64. The summed E-state index contributed by atoms with van der Waals surface area (Å²) in [5.74, 6) is 0.680. The molecule has 80 valence electrons. The maximum Gasteiger partial charge on any atom is 0.138 e. The van der Waals surface area contributed by atoms with Crippen molar-refractivity contribution in [1.82, 2.24) is 9.55 Å². The van der Waals surface area contributed by atoms with Gasteiger partial charge in [0.25, 0.3) is 0 Å². The Morgan fingerprint density at radius 1 is 1.53 bits per heavy atom. The van der Waals surface area contributed by atoms with Gasteiger partial charge in [0.15, 0.2) is 0 Å².